The van der Waals surface area contributed by atoms with Crippen LogP contribution in [0.3, 0.4) is 0 Å². The summed E-state index contributed by atoms with van der Waals surface area (Å²) >= 11 is 0. The molecule has 0 fully saturated rings. The quantitative estimate of drug-likeness (QED) is 0.255. The molecule has 0 unspecified atom stereocenters. The summed E-state index contributed by atoms with van der Waals surface area (Å²) in [5.41, 5.74) is 5.97. The molecular weight excluding hydrogens is 199 g/mol. The van der Waals surface area contributed by atoms with Crippen molar-refractivity contribution >= 4 is 5.84 Å². The van der Waals surface area contributed by atoms with Crippen molar-refractivity contribution in [3.63, 3.8) is 0 Å². The number of benzene rings is 1. The lowest BCUT2D eigenvalue weighted by Gasteiger charge is -2.06. The van der Waals surface area contributed by atoms with Crippen molar-refractivity contribution in [3.8, 4) is 5.75 Å². The van der Waals surface area contributed by atoms with Crippen LogP contribution in [0.25, 0.3) is 0 Å². The van der Waals surface area contributed by atoms with Gasteiger partial charge in [-0.2, -0.15) is 0 Å². The van der Waals surface area contributed by atoms with Crippen molar-refractivity contribution in [1.82, 2.24) is 0 Å². The molecule has 0 saturated heterocycles. The molecule has 1 aromatic carbocycles. The van der Waals surface area contributed by atoms with E-state index in [2.05, 4.69) is 5.16 Å². The summed E-state index contributed by atoms with van der Waals surface area (Å²) in [6, 6.07) is 6.77. The number of ether oxygens (including phenoxy) is 1. The van der Waals surface area contributed by atoms with Gasteiger partial charge in [-0.25, -0.2) is 0 Å². The number of nitrogens with zero attached hydrogens (tertiary/aromatic N) is 1. The molecule has 0 atom stereocenters. The van der Waals surface area contributed by atoms with E-state index in [-0.39, 0.29) is 5.84 Å². The first kappa shape index (κ1) is 11.3. The summed E-state index contributed by atoms with van der Waals surface area (Å²) in [5.74, 6) is 0.596. The normalized spacial score (nSPS) is 11.4. The number of rotatable bonds is 5. The van der Waals surface area contributed by atoms with Gasteiger partial charge < -0.3 is 15.7 Å². The number of halogens is 1. The molecule has 3 N–H and O–H groups in total. The average Bonchev–Trinajstić information content (AvgIpc) is 2.29. The van der Waals surface area contributed by atoms with Crippen LogP contribution in [-0.4, -0.2) is 24.3 Å². The van der Waals surface area contributed by atoms with E-state index < -0.39 is 6.67 Å². The number of oxime groups is 1. The van der Waals surface area contributed by atoms with Crippen LogP contribution >= 0.6 is 0 Å². The van der Waals surface area contributed by atoms with Gasteiger partial charge in [-0.3, -0.25) is 4.39 Å². The smallest absolute Gasteiger partial charge is 0.170 e. The molecule has 82 valence electrons. The van der Waals surface area contributed by atoms with Crippen molar-refractivity contribution in [2.45, 2.75) is 6.42 Å². The average molecular weight is 212 g/mol. The summed E-state index contributed by atoms with van der Waals surface area (Å²) in [6.45, 7) is -0.0872. The van der Waals surface area contributed by atoms with E-state index in [1.165, 1.54) is 0 Å². The molecule has 0 aliphatic heterocycles. The van der Waals surface area contributed by atoms with E-state index in [0.29, 0.717) is 24.3 Å². The van der Waals surface area contributed by atoms with Gasteiger partial charge in [-0.1, -0.05) is 17.3 Å². The molecule has 0 heterocycles. The lowest BCUT2D eigenvalue weighted by Crippen LogP contribution is -2.13. The standard InChI is InChI=1S/C10H13FN2O2/c11-5-2-6-15-9-4-1-3-8(7-9)10(12)13-14/h1,3-4,7,14H,2,5-6H2,(H2,12,13). The van der Waals surface area contributed by atoms with Crippen LogP contribution in [0.5, 0.6) is 5.75 Å². The zero-order valence-corrected chi connectivity index (χ0v) is 8.19. The summed E-state index contributed by atoms with van der Waals surface area (Å²) in [5, 5.41) is 11.3. The van der Waals surface area contributed by atoms with Crippen LogP contribution < -0.4 is 10.5 Å². The predicted molar refractivity (Wildman–Crippen MR) is 55.0 cm³/mol. The Hall–Kier alpha value is -1.78. The Labute approximate surface area is 87.2 Å². The highest BCUT2D eigenvalue weighted by Crippen LogP contribution is 2.13. The highest BCUT2D eigenvalue weighted by molar-refractivity contribution is 5.97. The second-order valence-electron chi connectivity index (χ2n) is 2.90. The first-order valence-corrected chi connectivity index (χ1v) is 4.54. The Balaban J connectivity index is 2.66. The van der Waals surface area contributed by atoms with Crippen molar-refractivity contribution in [2.75, 3.05) is 13.3 Å². The van der Waals surface area contributed by atoms with Crippen LogP contribution in [0.4, 0.5) is 4.39 Å². The Kier molecular flexibility index (Phi) is 4.40. The van der Waals surface area contributed by atoms with Crippen LogP contribution in [-0.2, 0) is 0 Å². The lowest BCUT2D eigenvalue weighted by molar-refractivity contribution is 0.289. The second kappa shape index (κ2) is 5.85. The molecule has 4 nitrogen and oxygen atoms in total. The highest BCUT2D eigenvalue weighted by Gasteiger charge is 2.00. The van der Waals surface area contributed by atoms with Crippen molar-refractivity contribution in [1.29, 1.82) is 0 Å². The number of hydrogen-bond acceptors (Lipinski definition) is 3. The van der Waals surface area contributed by atoms with E-state index in [4.69, 9.17) is 15.7 Å². The minimum atomic E-state index is -0.403. The second-order valence-corrected chi connectivity index (χ2v) is 2.90. The Morgan fingerprint density at radius 1 is 1.53 bits per heavy atom. The minimum Gasteiger partial charge on any atom is -0.493 e. The third kappa shape index (κ3) is 3.46. The Morgan fingerprint density at radius 3 is 3.00 bits per heavy atom. The van der Waals surface area contributed by atoms with Crippen LogP contribution in [0.2, 0.25) is 0 Å². The molecule has 0 aliphatic rings. The first-order valence-electron chi connectivity index (χ1n) is 4.54. The fourth-order valence-electron chi connectivity index (χ4n) is 1.05. The molecule has 0 amide bonds. The zero-order valence-electron chi connectivity index (χ0n) is 8.19. The minimum absolute atomic E-state index is 0.0194. The van der Waals surface area contributed by atoms with Gasteiger partial charge in [0.05, 0.1) is 13.3 Å². The molecule has 0 radical (unpaired) electrons. The summed E-state index contributed by atoms with van der Waals surface area (Å²) in [6.07, 6.45) is 0.355. The third-order valence-electron chi connectivity index (χ3n) is 1.78. The van der Waals surface area contributed by atoms with Gasteiger partial charge in [-0.15, -0.1) is 0 Å². The lowest BCUT2D eigenvalue weighted by atomic mass is 10.2. The zero-order chi connectivity index (χ0) is 11.1. The molecule has 1 rings (SSSR count). The maximum Gasteiger partial charge on any atom is 0.170 e. The van der Waals surface area contributed by atoms with E-state index in [0.717, 1.165) is 0 Å². The third-order valence-corrected chi connectivity index (χ3v) is 1.78. The Morgan fingerprint density at radius 2 is 2.33 bits per heavy atom. The molecule has 0 saturated carbocycles. The van der Waals surface area contributed by atoms with Crippen molar-refractivity contribution < 1.29 is 14.3 Å². The van der Waals surface area contributed by atoms with Gasteiger partial charge in [0, 0.05) is 12.0 Å². The van der Waals surface area contributed by atoms with Crippen LogP contribution in [0, 0.1) is 0 Å². The van der Waals surface area contributed by atoms with Crippen LogP contribution in [0.15, 0.2) is 29.4 Å². The number of nitrogens with two attached hydrogens (primary N) is 1. The van der Waals surface area contributed by atoms with Crippen LogP contribution in [0.1, 0.15) is 12.0 Å². The van der Waals surface area contributed by atoms with E-state index in [1.54, 1.807) is 24.3 Å². The fraction of sp³-hybridized carbons (Fsp3) is 0.300. The van der Waals surface area contributed by atoms with Crippen molar-refractivity contribution in [3.05, 3.63) is 29.8 Å². The highest BCUT2D eigenvalue weighted by atomic mass is 19.1. The molecule has 1 aromatic rings. The summed E-state index contributed by atoms with van der Waals surface area (Å²) in [4.78, 5) is 0. The van der Waals surface area contributed by atoms with Gasteiger partial charge in [0.1, 0.15) is 5.75 Å². The summed E-state index contributed by atoms with van der Waals surface area (Å²) < 4.78 is 17.1. The topological polar surface area (TPSA) is 67.8 Å². The molecule has 5 heteroatoms. The number of hydrogen-bond donors (Lipinski definition) is 2. The largest absolute Gasteiger partial charge is 0.493 e. The molecule has 0 aliphatic carbocycles. The van der Waals surface area contributed by atoms with Gasteiger partial charge >= 0.3 is 0 Å². The molecule has 0 spiro atoms. The number of alkyl halides is 1. The van der Waals surface area contributed by atoms with Gasteiger partial charge in [0.15, 0.2) is 5.84 Å². The van der Waals surface area contributed by atoms with Gasteiger partial charge in [0.2, 0.25) is 0 Å². The van der Waals surface area contributed by atoms with Gasteiger partial charge in [-0.05, 0) is 12.1 Å². The molecule has 15 heavy (non-hydrogen) atoms. The monoisotopic (exact) mass is 212 g/mol. The number of amidine groups is 1. The summed E-state index contributed by atoms with van der Waals surface area (Å²) in [7, 11) is 0. The first-order chi connectivity index (χ1) is 7.27. The predicted octanol–water partition coefficient (Wildman–Crippen LogP) is 1.52. The SMILES string of the molecule is N/C(=N/O)c1cccc(OCCCF)c1. The maximum atomic E-state index is 11.8. The van der Waals surface area contributed by atoms with E-state index in [1.807, 2.05) is 0 Å². The molecule has 0 aromatic heterocycles. The fourth-order valence-corrected chi connectivity index (χ4v) is 1.05. The van der Waals surface area contributed by atoms with E-state index >= 15 is 0 Å². The van der Waals surface area contributed by atoms with E-state index in [9.17, 15) is 4.39 Å². The molecular formula is C10H13FN2O2. The molecule has 0 bridgehead atoms. The van der Waals surface area contributed by atoms with Gasteiger partial charge in [0.25, 0.3) is 0 Å². The maximum absolute atomic E-state index is 11.8. The van der Waals surface area contributed by atoms with Crippen molar-refractivity contribution in [2.24, 2.45) is 10.9 Å². The Bertz CT molecular complexity index is 342.